The topological polar surface area (TPSA) is 50.7 Å². The fraction of sp³-hybridized carbons (Fsp3) is 0.364. The van der Waals surface area contributed by atoms with Crippen molar-refractivity contribution < 1.29 is 0 Å². The minimum Gasteiger partial charge on any atom is -0.353 e. The molecule has 2 aromatic heterocycles. The molecular weight excluding hydrogens is 220 g/mol. The molecule has 5 heteroatoms. The lowest BCUT2D eigenvalue weighted by Crippen LogP contribution is -2.09. The van der Waals surface area contributed by atoms with Gasteiger partial charge in [-0.15, -0.1) is 16.4 Å². The third-order valence-corrected chi connectivity index (χ3v) is 3.26. The number of thiophene rings is 1. The zero-order valence-corrected chi connectivity index (χ0v) is 10.2. The number of nitrogens with zero attached hydrogens (tertiary/aromatic N) is 3. The van der Waals surface area contributed by atoms with Crippen LogP contribution in [0.5, 0.6) is 0 Å². The fourth-order valence-electron chi connectivity index (χ4n) is 1.28. The van der Waals surface area contributed by atoms with Gasteiger partial charge in [-0.3, -0.25) is 0 Å². The van der Waals surface area contributed by atoms with Gasteiger partial charge < -0.3 is 5.32 Å². The van der Waals surface area contributed by atoms with E-state index < -0.39 is 0 Å². The smallest absolute Gasteiger partial charge is 0.242 e. The maximum atomic E-state index is 4.31. The predicted molar refractivity (Wildman–Crippen MR) is 65.8 cm³/mol. The highest BCUT2D eigenvalue weighted by Gasteiger charge is 2.00. The number of hydrogen-bond acceptors (Lipinski definition) is 5. The second-order valence-corrected chi connectivity index (χ2v) is 4.59. The minimum absolute atomic E-state index is 0.611. The van der Waals surface area contributed by atoms with Crippen LogP contribution in [0.25, 0.3) is 0 Å². The molecule has 2 rings (SSSR count). The van der Waals surface area contributed by atoms with Crippen molar-refractivity contribution in [2.24, 2.45) is 0 Å². The summed E-state index contributed by atoms with van der Waals surface area (Å²) in [6.45, 7) is 4.68. The number of anilines is 1. The molecule has 0 aliphatic carbocycles. The van der Waals surface area contributed by atoms with Crippen LogP contribution in [0.15, 0.2) is 17.5 Å². The largest absolute Gasteiger partial charge is 0.353 e. The normalized spacial score (nSPS) is 10.4. The van der Waals surface area contributed by atoms with Gasteiger partial charge in [0.15, 0.2) is 0 Å². The van der Waals surface area contributed by atoms with Gasteiger partial charge >= 0.3 is 0 Å². The van der Waals surface area contributed by atoms with Gasteiger partial charge in [-0.05, 0) is 31.7 Å². The first-order chi connectivity index (χ1) is 7.75. The van der Waals surface area contributed by atoms with Crippen LogP contribution in [0, 0.1) is 13.8 Å². The summed E-state index contributed by atoms with van der Waals surface area (Å²) < 4.78 is 0. The summed E-state index contributed by atoms with van der Waals surface area (Å²) in [5.74, 6) is 0.611. The third kappa shape index (κ3) is 2.76. The summed E-state index contributed by atoms with van der Waals surface area (Å²) in [7, 11) is 0. The Morgan fingerprint density at radius 3 is 2.81 bits per heavy atom. The summed E-state index contributed by atoms with van der Waals surface area (Å²) in [5.41, 5.74) is 1.80. The standard InChI is InChI=1S/C11H14N4S/c1-8-9(2)14-15-11(13-8)12-6-5-10-4-3-7-16-10/h3-4,7H,5-6H2,1-2H3,(H,12,13,15). The summed E-state index contributed by atoms with van der Waals surface area (Å²) in [5, 5.41) is 13.3. The van der Waals surface area contributed by atoms with Crippen molar-refractivity contribution in [3.8, 4) is 0 Å². The van der Waals surface area contributed by atoms with Crippen molar-refractivity contribution in [3.05, 3.63) is 33.8 Å². The number of rotatable bonds is 4. The Kier molecular flexibility index (Phi) is 3.46. The molecular formula is C11H14N4S. The van der Waals surface area contributed by atoms with Gasteiger partial charge in [-0.25, -0.2) is 4.98 Å². The molecule has 0 atom stereocenters. The average Bonchev–Trinajstić information content (AvgIpc) is 2.76. The molecule has 2 aromatic rings. The zero-order chi connectivity index (χ0) is 11.4. The Balaban J connectivity index is 1.87. The van der Waals surface area contributed by atoms with E-state index >= 15 is 0 Å². The highest BCUT2D eigenvalue weighted by Crippen LogP contribution is 2.09. The Hall–Kier alpha value is -1.49. The van der Waals surface area contributed by atoms with Gasteiger partial charge in [0.1, 0.15) is 0 Å². The van der Waals surface area contributed by atoms with E-state index in [4.69, 9.17) is 0 Å². The molecule has 0 radical (unpaired) electrons. The van der Waals surface area contributed by atoms with E-state index in [1.165, 1.54) is 4.88 Å². The lowest BCUT2D eigenvalue weighted by Gasteiger charge is -2.04. The van der Waals surface area contributed by atoms with E-state index in [9.17, 15) is 0 Å². The SMILES string of the molecule is Cc1nnc(NCCc2cccs2)nc1C. The number of aromatic nitrogens is 3. The van der Waals surface area contributed by atoms with E-state index in [0.29, 0.717) is 5.95 Å². The molecule has 0 unspecified atom stereocenters. The van der Waals surface area contributed by atoms with Crippen LogP contribution in [-0.4, -0.2) is 21.7 Å². The van der Waals surface area contributed by atoms with Crippen LogP contribution in [0.3, 0.4) is 0 Å². The molecule has 0 bridgehead atoms. The fourth-order valence-corrected chi connectivity index (χ4v) is 1.99. The number of nitrogens with one attached hydrogen (secondary N) is 1. The van der Waals surface area contributed by atoms with E-state index in [2.05, 4.69) is 38.0 Å². The molecule has 0 saturated carbocycles. The third-order valence-electron chi connectivity index (χ3n) is 2.33. The van der Waals surface area contributed by atoms with Crippen LogP contribution >= 0.6 is 11.3 Å². The van der Waals surface area contributed by atoms with Crippen LogP contribution in [0.2, 0.25) is 0 Å². The summed E-state index contributed by atoms with van der Waals surface area (Å²) in [4.78, 5) is 5.68. The molecule has 4 nitrogen and oxygen atoms in total. The molecule has 0 fully saturated rings. The van der Waals surface area contributed by atoms with Gasteiger partial charge in [0.2, 0.25) is 5.95 Å². The van der Waals surface area contributed by atoms with Crippen LogP contribution in [0.1, 0.15) is 16.3 Å². The first-order valence-electron chi connectivity index (χ1n) is 5.20. The maximum Gasteiger partial charge on any atom is 0.242 e. The van der Waals surface area contributed by atoms with Gasteiger partial charge in [0.25, 0.3) is 0 Å². The molecule has 1 N–H and O–H groups in total. The summed E-state index contributed by atoms with van der Waals surface area (Å²) in [6.07, 6.45) is 0.994. The summed E-state index contributed by atoms with van der Waals surface area (Å²) in [6, 6.07) is 4.19. The van der Waals surface area contributed by atoms with Crippen molar-refractivity contribution in [3.63, 3.8) is 0 Å². The van der Waals surface area contributed by atoms with Crippen LogP contribution < -0.4 is 5.32 Å². The minimum atomic E-state index is 0.611. The second-order valence-electron chi connectivity index (χ2n) is 3.56. The van der Waals surface area contributed by atoms with Crippen molar-refractivity contribution >= 4 is 17.3 Å². The predicted octanol–water partition coefficient (Wildman–Crippen LogP) is 2.20. The number of hydrogen-bond donors (Lipinski definition) is 1. The molecule has 84 valence electrons. The first kappa shape index (κ1) is 11.0. The highest BCUT2D eigenvalue weighted by molar-refractivity contribution is 7.09. The van der Waals surface area contributed by atoms with Gasteiger partial charge in [0.05, 0.1) is 11.4 Å². The Morgan fingerprint density at radius 2 is 2.12 bits per heavy atom. The first-order valence-corrected chi connectivity index (χ1v) is 6.08. The quantitative estimate of drug-likeness (QED) is 0.881. The monoisotopic (exact) mass is 234 g/mol. The van der Waals surface area contributed by atoms with E-state index in [-0.39, 0.29) is 0 Å². The van der Waals surface area contributed by atoms with Crippen molar-refractivity contribution in [2.45, 2.75) is 20.3 Å². The summed E-state index contributed by atoms with van der Waals surface area (Å²) >= 11 is 1.77. The van der Waals surface area contributed by atoms with Crippen LogP contribution in [-0.2, 0) is 6.42 Å². The number of aryl methyl sites for hydroxylation is 2. The molecule has 16 heavy (non-hydrogen) atoms. The molecule has 0 aliphatic heterocycles. The van der Waals surface area contributed by atoms with Gasteiger partial charge in [-0.2, -0.15) is 5.10 Å². The van der Waals surface area contributed by atoms with Crippen LogP contribution in [0.4, 0.5) is 5.95 Å². The Bertz CT molecular complexity index is 453. The Morgan fingerprint density at radius 1 is 1.25 bits per heavy atom. The lowest BCUT2D eigenvalue weighted by atomic mass is 10.3. The molecule has 0 amide bonds. The Labute approximate surface area is 98.8 Å². The highest BCUT2D eigenvalue weighted by atomic mass is 32.1. The van der Waals surface area contributed by atoms with Gasteiger partial charge in [0, 0.05) is 11.4 Å². The van der Waals surface area contributed by atoms with E-state index in [0.717, 1.165) is 24.4 Å². The molecule has 0 aromatic carbocycles. The van der Waals surface area contributed by atoms with E-state index in [1.54, 1.807) is 11.3 Å². The molecule has 0 spiro atoms. The second kappa shape index (κ2) is 5.03. The molecule has 2 heterocycles. The lowest BCUT2D eigenvalue weighted by molar-refractivity contribution is 0.880. The zero-order valence-electron chi connectivity index (χ0n) is 9.40. The maximum absolute atomic E-state index is 4.31. The van der Waals surface area contributed by atoms with Gasteiger partial charge in [-0.1, -0.05) is 6.07 Å². The van der Waals surface area contributed by atoms with E-state index in [1.807, 2.05) is 13.8 Å². The molecule has 0 saturated heterocycles. The van der Waals surface area contributed by atoms with Crippen molar-refractivity contribution in [1.82, 2.24) is 15.2 Å². The average molecular weight is 234 g/mol. The molecule has 0 aliphatic rings. The van der Waals surface area contributed by atoms with Crippen molar-refractivity contribution in [2.75, 3.05) is 11.9 Å². The van der Waals surface area contributed by atoms with Crippen molar-refractivity contribution in [1.29, 1.82) is 0 Å².